The molecule has 2 aromatic heterocycles. The van der Waals surface area contributed by atoms with Crippen LogP contribution in [0.3, 0.4) is 0 Å². The van der Waals surface area contributed by atoms with Crippen LogP contribution < -0.4 is 4.90 Å². The summed E-state index contributed by atoms with van der Waals surface area (Å²) in [6.07, 6.45) is 5.88. The predicted octanol–water partition coefficient (Wildman–Crippen LogP) is 3.62. The standard InChI is InChI=1S/C23H30N6O2S/c1-22-8-9-23(2,28(3)13-22)19(31-5)18(22)29(4)21-27-26-20(32-21)16-7-6-14(10-17(16)30)15-11-24-25-12-15/h6-7,10-12,18-19,30H,8-9,13H2,1-5H3,(H,24,25)/t18-,19?,22+,23+/m0/s1. The first-order valence-electron chi connectivity index (χ1n) is 10.9. The van der Waals surface area contributed by atoms with E-state index in [1.165, 1.54) is 11.3 Å². The van der Waals surface area contributed by atoms with Gasteiger partial charge < -0.3 is 14.7 Å². The van der Waals surface area contributed by atoms with E-state index in [0.29, 0.717) is 10.6 Å². The van der Waals surface area contributed by atoms with E-state index in [9.17, 15) is 5.11 Å². The van der Waals surface area contributed by atoms with Crippen LogP contribution in [0.1, 0.15) is 26.7 Å². The first kappa shape index (κ1) is 21.4. The summed E-state index contributed by atoms with van der Waals surface area (Å²) in [5, 5.41) is 27.9. The smallest absolute Gasteiger partial charge is 0.208 e. The minimum absolute atomic E-state index is 0.000137. The van der Waals surface area contributed by atoms with Crippen LogP contribution in [0.2, 0.25) is 0 Å². The minimum atomic E-state index is 0.000137. The van der Waals surface area contributed by atoms with Gasteiger partial charge in [0.1, 0.15) is 5.75 Å². The average Bonchev–Trinajstić information content (AvgIpc) is 3.46. The molecular weight excluding hydrogens is 424 g/mol. The molecule has 3 fully saturated rings. The molecule has 1 unspecified atom stereocenters. The fourth-order valence-electron chi connectivity index (χ4n) is 5.78. The number of hydrogen-bond donors (Lipinski definition) is 2. The van der Waals surface area contributed by atoms with Crippen LogP contribution in [-0.2, 0) is 4.74 Å². The van der Waals surface area contributed by atoms with Crippen molar-refractivity contribution >= 4 is 16.5 Å². The summed E-state index contributed by atoms with van der Waals surface area (Å²) in [4.78, 5) is 4.71. The Morgan fingerprint density at radius 3 is 2.72 bits per heavy atom. The zero-order valence-corrected chi connectivity index (χ0v) is 20.0. The number of benzene rings is 1. The van der Waals surface area contributed by atoms with Crippen LogP contribution in [-0.4, -0.2) is 75.8 Å². The van der Waals surface area contributed by atoms with Gasteiger partial charge in [-0.3, -0.25) is 10.00 Å². The van der Waals surface area contributed by atoms with Gasteiger partial charge in [-0.15, -0.1) is 10.2 Å². The number of hydrogen-bond acceptors (Lipinski definition) is 8. The third kappa shape index (κ3) is 3.14. The zero-order valence-electron chi connectivity index (χ0n) is 19.2. The Morgan fingerprint density at radius 1 is 1.25 bits per heavy atom. The Morgan fingerprint density at radius 2 is 2.06 bits per heavy atom. The topological polar surface area (TPSA) is 90.4 Å². The van der Waals surface area contributed by atoms with Crippen molar-refractivity contribution < 1.29 is 9.84 Å². The summed E-state index contributed by atoms with van der Waals surface area (Å²) in [7, 11) is 6.12. The normalized spacial score (nSPS) is 30.0. The van der Waals surface area contributed by atoms with Crippen molar-refractivity contribution in [1.29, 1.82) is 0 Å². The van der Waals surface area contributed by atoms with Crippen LogP contribution in [0.25, 0.3) is 21.7 Å². The summed E-state index contributed by atoms with van der Waals surface area (Å²) >= 11 is 1.50. The molecule has 0 spiro atoms. The molecule has 9 heteroatoms. The van der Waals surface area contributed by atoms with E-state index in [1.807, 2.05) is 19.2 Å². The van der Waals surface area contributed by atoms with Gasteiger partial charge in [0, 0.05) is 43.4 Å². The highest BCUT2D eigenvalue weighted by molar-refractivity contribution is 7.18. The van der Waals surface area contributed by atoms with Crippen molar-refractivity contribution in [1.82, 2.24) is 25.3 Å². The summed E-state index contributed by atoms with van der Waals surface area (Å²) in [6.45, 7) is 5.70. The lowest BCUT2D eigenvalue weighted by molar-refractivity contribution is -0.164. The first-order valence-corrected chi connectivity index (χ1v) is 11.7. The molecule has 1 aromatic carbocycles. The third-order valence-electron chi connectivity index (χ3n) is 7.73. The minimum Gasteiger partial charge on any atom is -0.507 e. The molecule has 170 valence electrons. The number of rotatable bonds is 5. The van der Waals surface area contributed by atoms with E-state index >= 15 is 0 Å². The fraction of sp³-hybridized carbons (Fsp3) is 0.522. The lowest BCUT2D eigenvalue weighted by Crippen LogP contribution is -2.76. The Hall–Kier alpha value is -2.49. The van der Waals surface area contributed by atoms with E-state index < -0.39 is 0 Å². The number of phenols is 1. The summed E-state index contributed by atoms with van der Waals surface area (Å²) in [6, 6.07) is 5.79. The predicted molar refractivity (Wildman–Crippen MR) is 126 cm³/mol. The van der Waals surface area contributed by atoms with Gasteiger partial charge in [-0.25, -0.2) is 0 Å². The Balaban J connectivity index is 1.45. The zero-order chi connectivity index (χ0) is 22.7. The third-order valence-corrected chi connectivity index (χ3v) is 8.78. The molecule has 6 rings (SSSR count). The first-order chi connectivity index (χ1) is 15.3. The molecule has 8 nitrogen and oxygen atoms in total. The average molecular weight is 455 g/mol. The second kappa shape index (κ2) is 7.54. The summed E-state index contributed by atoms with van der Waals surface area (Å²) in [5.41, 5.74) is 2.60. The molecule has 4 atom stereocenters. The molecule has 1 aliphatic carbocycles. The molecule has 2 bridgehead atoms. The second-order valence-electron chi connectivity index (χ2n) is 9.69. The fourth-order valence-corrected chi connectivity index (χ4v) is 6.65. The van der Waals surface area contributed by atoms with E-state index in [2.05, 4.69) is 58.1 Å². The number of ether oxygens (including phenoxy) is 1. The van der Waals surface area contributed by atoms with Crippen molar-refractivity contribution in [2.45, 2.75) is 44.4 Å². The number of likely N-dealkylation sites (N-methyl/N-ethyl adjacent to an activating group) is 2. The number of nitrogens with one attached hydrogen (secondary N) is 1. The van der Waals surface area contributed by atoms with Gasteiger partial charge in [0.05, 0.1) is 23.9 Å². The summed E-state index contributed by atoms with van der Waals surface area (Å²) < 4.78 is 6.10. The van der Waals surface area contributed by atoms with Gasteiger partial charge in [-0.2, -0.15) is 5.10 Å². The van der Waals surface area contributed by atoms with Crippen molar-refractivity contribution in [3.05, 3.63) is 30.6 Å². The van der Waals surface area contributed by atoms with Crippen LogP contribution in [0.4, 0.5) is 5.13 Å². The molecule has 3 aromatic rings. The number of nitrogens with zero attached hydrogens (tertiary/aromatic N) is 5. The van der Waals surface area contributed by atoms with Gasteiger partial charge in [-0.05, 0) is 44.5 Å². The number of aromatic amines is 1. The molecule has 0 amide bonds. The number of H-pyrrole nitrogens is 1. The number of aromatic hydroxyl groups is 1. The van der Waals surface area contributed by atoms with Crippen LogP contribution in [0.5, 0.6) is 5.75 Å². The number of piperidine rings is 2. The van der Waals surface area contributed by atoms with E-state index in [4.69, 9.17) is 4.74 Å². The molecule has 0 radical (unpaired) electrons. The van der Waals surface area contributed by atoms with Crippen molar-refractivity contribution in [3.8, 4) is 27.4 Å². The number of aromatic nitrogens is 4. The van der Waals surface area contributed by atoms with Gasteiger partial charge in [-0.1, -0.05) is 24.3 Å². The lowest BCUT2D eigenvalue weighted by Gasteiger charge is -2.65. The van der Waals surface area contributed by atoms with E-state index in [0.717, 1.165) is 35.6 Å². The van der Waals surface area contributed by atoms with Gasteiger partial charge in [0.15, 0.2) is 5.01 Å². The Bertz CT molecular complexity index is 1120. The number of phenolic OH excluding ortho intramolecular Hbond substituents is 1. The monoisotopic (exact) mass is 454 g/mol. The van der Waals surface area contributed by atoms with Gasteiger partial charge >= 0.3 is 0 Å². The number of anilines is 1. The lowest BCUT2D eigenvalue weighted by atomic mass is 9.58. The maximum absolute atomic E-state index is 10.7. The largest absolute Gasteiger partial charge is 0.507 e. The molecule has 3 aliphatic rings. The van der Waals surface area contributed by atoms with Crippen LogP contribution >= 0.6 is 11.3 Å². The van der Waals surface area contributed by atoms with Crippen molar-refractivity contribution in [2.75, 3.05) is 32.6 Å². The maximum atomic E-state index is 10.7. The highest BCUT2D eigenvalue weighted by Gasteiger charge is 2.61. The molecule has 4 heterocycles. The van der Waals surface area contributed by atoms with Gasteiger partial charge in [0.2, 0.25) is 5.13 Å². The highest BCUT2D eigenvalue weighted by Crippen LogP contribution is 2.53. The molecule has 2 saturated heterocycles. The second-order valence-corrected chi connectivity index (χ2v) is 10.6. The Labute approximate surface area is 192 Å². The Kier molecular flexibility index (Phi) is 5.03. The van der Waals surface area contributed by atoms with Crippen molar-refractivity contribution in [3.63, 3.8) is 0 Å². The molecule has 1 saturated carbocycles. The molecular formula is C23H30N6O2S. The number of methoxy groups -OCH3 is 1. The van der Waals surface area contributed by atoms with Crippen LogP contribution in [0.15, 0.2) is 30.6 Å². The van der Waals surface area contributed by atoms with Gasteiger partial charge in [0.25, 0.3) is 0 Å². The van der Waals surface area contributed by atoms with E-state index in [-0.39, 0.29) is 28.8 Å². The molecule has 32 heavy (non-hydrogen) atoms. The highest BCUT2D eigenvalue weighted by atomic mass is 32.1. The quantitative estimate of drug-likeness (QED) is 0.608. The molecule has 2 N–H and O–H groups in total. The maximum Gasteiger partial charge on any atom is 0.208 e. The van der Waals surface area contributed by atoms with Crippen molar-refractivity contribution in [2.24, 2.45) is 5.41 Å². The SMILES string of the molecule is COC1[C@H](N(C)c2nnc(-c3ccc(-c4cn[nH]c4)cc3O)s2)[C@]2(C)CC[C@@]1(C)N(C)C2. The number of fused-ring (bicyclic) bond motifs is 3. The van der Waals surface area contributed by atoms with Crippen LogP contribution in [0, 0.1) is 5.41 Å². The molecule has 2 aliphatic heterocycles. The van der Waals surface area contributed by atoms with E-state index in [1.54, 1.807) is 18.5 Å². The summed E-state index contributed by atoms with van der Waals surface area (Å²) in [5.74, 6) is 0.182.